The van der Waals surface area contributed by atoms with Gasteiger partial charge < -0.3 is 9.29 Å². The van der Waals surface area contributed by atoms with Crippen molar-refractivity contribution >= 4 is 16.1 Å². The maximum Gasteiger partial charge on any atom is 0.534 e. The fourth-order valence-corrected chi connectivity index (χ4v) is 3.54. The van der Waals surface area contributed by atoms with E-state index in [0.29, 0.717) is 12.3 Å². The van der Waals surface area contributed by atoms with Gasteiger partial charge in [0.25, 0.3) is 0 Å². The number of hydrogen-bond acceptors (Lipinski definition) is 4. The summed E-state index contributed by atoms with van der Waals surface area (Å²) in [5, 5.41) is 8.71. The zero-order valence-electron chi connectivity index (χ0n) is 13.3. The maximum absolute atomic E-state index is 12.3. The summed E-state index contributed by atoms with van der Waals surface area (Å²) in [7, 11) is -5.66. The average Bonchev–Trinajstić information content (AvgIpc) is 2.53. The molecule has 5 nitrogen and oxygen atoms in total. The highest BCUT2D eigenvalue weighted by Crippen LogP contribution is 2.38. The van der Waals surface area contributed by atoms with Gasteiger partial charge in [0.05, 0.1) is 0 Å². The van der Waals surface area contributed by atoms with Crippen molar-refractivity contribution in [3.8, 4) is 5.75 Å². The van der Waals surface area contributed by atoms with Gasteiger partial charge in [0.2, 0.25) is 0 Å². The Morgan fingerprint density at radius 2 is 1.68 bits per heavy atom. The molecule has 1 aliphatic rings. The zero-order valence-corrected chi connectivity index (χ0v) is 14.1. The maximum atomic E-state index is 12.3. The molecule has 0 heterocycles. The van der Waals surface area contributed by atoms with E-state index < -0.39 is 21.6 Å². The number of halogens is 3. The molecule has 9 heteroatoms. The summed E-state index contributed by atoms with van der Waals surface area (Å²) >= 11 is 0. The third-order valence-electron chi connectivity index (χ3n) is 4.45. The standard InChI is InChI=1S/C16H19F3O5S/c17-16(18,19)25(22,23)24-14-8-6-13(7-9-14)12-4-1-11(2-5-12)3-10-15(20)21/h6-9,11-12H,1-5,10H2,(H,20,21). The van der Waals surface area contributed by atoms with Gasteiger partial charge in [-0.1, -0.05) is 12.1 Å². The summed E-state index contributed by atoms with van der Waals surface area (Å²) in [6.07, 6.45) is 4.35. The van der Waals surface area contributed by atoms with Gasteiger partial charge in [-0.15, -0.1) is 0 Å². The minimum absolute atomic E-state index is 0.162. The first kappa shape index (κ1) is 19.6. The predicted octanol–water partition coefficient (Wildman–Crippen LogP) is 4.05. The third kappa shape index (κ3) is 5.35. The Morgan fingerprint density at radius 1 is 1.12 bits per heavy atom. The molecule has 0 saturated heterocycles. The molecule has 0 amide bonds. The number of carboxylic acids is 1. The van der Waals surface area contributed by atoms with Gasteiger partial charge in [-0.3, -0.25) is 4.79 Å². The SMILES string of the molecule is O=C(O)CCC1CCC(c2ccc(OS(=O)(=O)C(F)(F)F)cc2)CC1. The molecule has 1 aliphatic carbocycles. The lowest BCUT2D eigenvalue weighted by molar-refractivity contribution is -0.137. The molecule has 0 bridgehead atoms. The van der Waals surface area contributed by atoms with Crippen LogP contribution in [0.25, 0.3) is 0 Å². The van der Waals surface area contributed by atoms with Crippen molar-refractivity contribution in [2.24, 2.45) is 5.92 Å². The number of rotatable bonds is 6. The Bertz CT molecular complexity index is 689. The van der Waals surface area contributed by atoms with E-state index in [9.17, 15) is 26.4 Å². The van der Waals surface area contributed by atoms with Crippen LogP contribution in [-0.2, 0) is 14.9 Å². The van der Waals surface area contributed by atoms with E-state index in [1.165, 1.54) is 12.1 Å². The van der Waals surface area contributed by atoms with Crippen LogP contribution in [-0.4, -0.2) is 25.0 Å². The van der Waals surface area contributed by atoms with Crippen molar-refractivity contribution in [2.75, 3.05) is 0 Å². The Hall–Kier alpha value is -1.77. The largest absolute Gasteiger partial charge is 0.534 e. The van der Waals surface area contributed by atoms with Gasteiger partial charge in [-0.25, -0.2) is 0 Å². The number of hydrogen-bond donors (Lipinski definition) is 1. The first-order valence-corrected chi connectivity index (χ1v) is 9.32. The van der Waals surface area contributed by atoms with Gasteiger partial charge in [0.15, 0.2) is 0 Å². The van der Waals surface area contributed by atoms with Gasteiger partial charge in [0, 0.05) is 6.42 Å². The van der Waals surface area contributed by atoms with Crippen molar-refractivity contribution < 1.29 is 35.7 Å². The second kappa shape index (κ2) is 7.63. The quantitative estimate of drug-likeness (QED) is 0.595. The van der Waals surface area contributed by atoms with Gasteiger partial charge in [-0.2, -0.15) is 21.6 Å². The van der Waals surface area contributed by atoms with Crippen LogP contribution in [0, 0.1) is 5.92 Å². The van der Waals surface area contributed by atoms with Gasteiger partial charge >= 0.3 is 21.6 Å². The molecule has 1 saturated carbocycles. The molecule has 140 valence electrons. The van der Waals surface area contributed by atoms with E-state index in [4.69, 9.17) is 5.11 Å². The lowest BCUT2D eigenvalue weighted by Crippen LogP contribution is -2.28. The molecule has 0 unspecified atom stereocenters. The van der Waals surface area contributed by atoms with Crippen molar-refractivity contribution in [3.05, 3.63) is 29.8 Å². The molecule has 2 rings (SSSR count). The van der Waals surface area contributed by atoms with Crippen LogP contribution in [0.3, 0.4) is 0 Å². The molecule has 0 radical (unpaired) electrons. The summed E-state index contributed by atoms with van der Waals surface area (Å²) in [6, 6.07) is 5.58. The second-order valence-electron chi connectivity index (χ2n) is 6.20. The van der Waals surface area contributed by atoms with Crippen LogP contribution < -0.4 is 4.18 Å². The van der Waals surface area contributed by atoms with Crippen LogP contribution in [0.15, 0.2) is 24.3 Å². The molecule has 0 spiro atoms. The Kier molecular flexibility index (Phi) is 5.97. The fraction of sp³-hybridized carbons (Fsp3) is 0.562. The lowest BCUT2D eigenvalue weighted by atomic mass is 9.77. The number of alkyl halides is 3. The summed E-state index contributed by atoms with van der Waals surface area (Å²) in [4.78, 5) is 10.6. The van der Waals surface area contributed by atoms with Crippen LogP contribution in [0.4, 0.5) is 13.2 Å². The number of benzene rings is 1. The van der Waals surface area contributed by atoms with Crippen LogP contribution >= 0.6 is 0 Å². The molecular weight excluding hydrogens is 361 g/mol. The van der Waals surface area contributed by atoms with Crippen molar-refractivity contribution in [2.45, 2.75) is 50.0 Å². The number of carbonyl (C=O) groups is 1. The normalized spacial score (nSPS) is 21.7. The van der Waals surface area contributed by atoms with E-state index in [1.807, 2.05) is 0 Å². The molecule has 1 aromatic rings. The first-order chi connectivity index (χ1) is 11.6. The Morgan fingerprint density at radius 3 is 2.16 bits per heavy atom. The van der Waals surface area contributed by atoms with Crippen molar-refractivity contribution in [3.63, 3.8) is 0 Å². The highest BCUT2D eigenvalue weighted by molar-refractivity contribution is 7.88. The van der Waals surface area contributed by atoms with Crippen molar-refractivity contribution in [1.82, 2.24) is 0 Å². The summed E-state index contributed by atoms with van der Waals surface area (Å²) < 4.78 is 62.9. The number of aliphatic carboxylic acids is 1. The molecular formula is C16H19F3O5S. The predicted molar refractivity (Wildman–Crippen MR) is 83.6 cm³/mol. The highest BCUT2D eigenvalue weighted by Gasteiger charge is 2.48. The minimum atomic E-state index is -5.66. The monoisotopic (exact) mass is 380 g/mol. The molecule has 0 atom stereocenters. The van der Waals surface area contributed by atoms with Crippen LogP contribution in [0.2, 0.25) is 0 Å². The molecule has 1 N–H and O–H groups in total. The third-order valence-corrected chi connectivity index (χ3v) is 5.43. The highest BCUT2D eigenvalue weighted by atomic mass is 32.2. The zero-order chi connectivity index (χ0) is 18.7. The number of carboxylic acid groups (broad SMARTS) is 1. The topological polar surface area (TPSA) is 80.7 Å². The molecule has 0 aliphatic heterocycles. The smallest absolute Gasteiger partial charge is 0.481 e. The van der Waals surface area contributed by atoms with Crippen LogP contribution in [0.1, 0.15) is 50.0 Å². The van der Waals surface area contributed by atoms with Crippen LogP contribution in [0.5, 0.6) is 5.75 Å². The summed E-state index contributed by atoms with van der Waals surface area (Å²) in [6.45, 7) is 0. The Labute approximate surface area is 143 Å². The van der Waals surface area contributed by atoms with E-state index in [2.05, 4.69) is 4.18 Å². The first-order valence-electron chi connectivity index (χ1n) is 7.91. The summed E-state index contributed by atoms with van der Waals surface area (Å²) in [5.74, 6) is -0.566. The molecule has 25 heavy (non-hydrogen) atoms. The second-order valence-corrected chi connectivity index (χ2v) is 7.74. The molecule has 0 aromatic heterocycles. The fourth-order valence-electron chi connectivity index (χ4n) is 3.08. The van der Waals surface area contributed by atoms with E-state index in [1.54, 1.807) is 12.1 Å². The minimum Gasteiger partial charge on any atom is -0.481 e. The van der Waals surface area contributed by atoms with Crippen molar-refractivity contribution in [1.29, 1.82) is 0 Å². The van der Waals surface area contributed by atoms with E-state index >= 15 is 0 Å². The Balaban J connectivity index is 1.92. The molecule has 1 fully saturated rings. The summed E-state index contributed by atoms with van der Waals surface area (Å²) in [5.41, 5.74) is -4.55. The molecule has 1 aromatic carbocycles. The van der Waals surface area contributed by atoms with E-state index in [0.717, 1.165) is 31.2 Å². The van der Waals surface area contributed by atoms with E-state index in [-0.39, 0.29) is 18.1 Å². The van der Waals surface area contributed by atoms with Gasteiger partial charge in [-0.05, 0) is 61.6 Å². The lowest BCUT2D eigenvalue weighted by Gasteiger charge is -2.28. The van der Waals surface area contributed by atoms with Gasteiger partial charge in [0.1, 0.15) is 5.75 Å². The average molecular weight is 380 g/mol.